The number of nitrogens with one attached hydrogen (secondary N) is 1. The van der Waals surface area contributed by atoms with Crippen LogP contribution in [0.25, 0.3) is 0 Å². The van der Waals surface area contributed by atoms with E-state index < -0.39 is 0 Å². The lowest BCUT2D eigenvalue weighted by atomic mass is 9.61. The summed E-state index contributed by atoms with van der Waals surface area (Å²) in [6, 6.07) is 0.868. The van der Waals surface area contributed by atoms with E-state index in [1.807, 2.05) is 4.90 Å². The molecule has 20 heavy (non-hydrogen) atoms. The second-order valence-electron chi connectivity index (χ2n) is 6.60. The highest BCUT2D eigenvalue weighted by Gasteiger charge is 2.51. The van der Waals surface area contributed by atoms with Crippen molar-refractivity contribution in [1.82, 2.24) is 10.2 Å². The highest BCUT2D eigenvalue weighted by molar-refractivity contribution is 5.78. The van der Waals surface area contributed by atoms with Gasteiger partial charge in [-0.05, 0) is 33.1 Å². The van der Waals surface area contributed by atoms with Gasteiger partial charge in [0.1, 0.15) is 0 Å². The summed E-state index contributed by atoms with van der Waals surface area (Å²) in [5.41, 5.74) is 0.235. The maximum atomic E-state index is 11.7. The van der Waals surface area contributed by atoms with Crippen LogP contribution < -0.4 is 5.32 Å². The Labute approximate surface area is 123 Å². The third-order valence-corrected chi connectivity index (χ3v) is 5.26. The van der Waals surface area contributed by atoms with Gasteiger partial charge >= 0.3 is 0 Å². The molecule has 1 saturated carbocycles. The minimum absolute atomic E-state index is 0.235. The molecule has 0 bridgehead atoms. The van der Waals surface area contributed by atoms with Crippen molar-refractivity contribution in [3.8, 4) is 0 Å². The molecular weight excluding hydrogens is 252 g/mol. The Bertz CT molecular complexity index is 347. The van der Waals surface area contributed by atoms with Crippen molar-refractivity contribution in [1.29, 1.82) is 0 Å². The van der Waals surface area contributed by atoms with Crippen molar-refractivity contribution in [2.45, 2.75) is 71.6 Å². The first-order chi connectivity index (χ1) is 9.51. The van der Waals surface area contributed by atoms with Crippen LogP contribution in [-0.2, 0) is 9.53 Å². The van der Waals surface area contributed by atoms with E-state index in [0.29, 0.717) is 24.1 Å². The molecule has 0 aromatic heterocycles. The lowest BCUT2D eigenvalue weighted by Crippen LogP contribution is -2.64. The summed E-state index contributed by atoms with van der Waals surface area (Å²) in [6.07, 6.45) is 4.36. The molecule has 4 atom stereocenters. The van der Waals surface area contributed by atoms with E-state index in [9.17, 15) is 4.79 Å². The van der Waals surface area contributed by atoms with E-state index in [-0.39, 0.29) is 5.41 Å². The first-order valence-electron chi connectivity index (χ1n) is 8.16. The zero-order valence-corrected chi connectivity index (χ0v) is 13.4. The van der Waals surface area contributed by atoms with Gasteiger partial charge in [0.15, 0.2) is 0 Å². The maximum Gasteiger partial charge on any atom is 0.222 e. The first-order valence-corrected chi connectivity index (χ1v) is 8.16. The Morgan fingerprint density at radius 2 is 2.25 bits per heavy atom. The number of hydrogen-bond acceptors (Lipinski definition) is 3. The van der Waals surface area contributed by atoms with Crippen LogP contribution in [0.4, 0.5) is 0 Å². The van der Waals surface area contributed by atoms with Crippen molar-refractivity contribution in [3.63, 3.8) is 0 Å². The number of likely N-dealkylation sites (tertiary alicyclic amines) is 1. The fraction of sp³-hybridized carbons (Fsp3) is 0.938. The van der Waals surface area contributed by atoms with Gasteiger partial charge < -0.3 is 15.0 Å². The van der Waals surface area contributed by atoms with Crippen molar-refractivity contribution in [3.05, 3.63) is 0 Å². The number of nitrogens with zero attached hydrogens (tertiary/aromatic N) is 1. The number of ether oxygens (including phenoxy) is 1. The summed E-state index contributed by atoms with van der Waals surface area (Å²) in [7, 11) is 0. The van der Waals surface area contributed by atoms with E-state index in [2.05, 4.69) is 33.0 Å². The molecule has 4 unspecified atom stereocenters. The van der Waals surface area contributed by atoms with E-state index >= 15 is 0 Å². The lowest BCUT2D eigenvalue weighted by molar-refractivity contribution is -0.132. The highest BCUT2D eigenvalue weighted by Crippen LogP contribution is 2.46. The van der Waals surface area contributed by atoms with Crippen molar-refractivity contribution in [2.75, 3.05) is 19.7 Å². The first kappa shape index (κ1) is 15.8. The van der Waals surface area contributed by atoms with Crippen LogP contribution in [0.3, 0.4) is 0 Å². The summed E-state index contributed by atoms with van der Waals surface area (Å²) in [5.74, 6) is 0.317. The fourth-order valence-electron chi connectivity index (χ4n) is 3.63. The number of hydrogen-bond donors (Lipinski definition) is 1. The Morgan fingerprint density at radius 3 is 2.80 bits per heavy atom. The third kappa shape index (κ3) is 3.01. The molecule has 116 valence electrons. The van der Waals surface area contributed by atoms with Gasteiger partial charge in [-0.25, -0.2) is 0 Å². The molecule has 4 nitrogen and oxygen atoms in total. The standard InChI is InChI=1S/C16H30N2O2/c1-5-16(4)13(10-14(16)20-6-2)17-12(3)11-18-9-7-8-15(18)19/h12-14,17H,5-11H2,1-4H3. The minimum Gasteiger partial charge on any atom is -0.378 e. The molecule has 0 spiro atoms. The van der Waals surface area contributed by atoms with E-state index in [1.54, 1.807) is 0 Å². The smallest absolute Gasteiger partial charge is 0.222 e. The SMILES string of the molecule is CCOC1CC(NC(C)CN2CCCC2=O)C1(C)CC. The number of amides is 1. The van der Waals surface area contributed by atoms with Gasteiger partial charge in [-0.3, -0.25) is 4.79 Å². The molecule has 1 N–H and O–H groups in total. The zero-order valence-electron chi connectivity index (χ0n) is 13.4. The lowest BCUT2D eigenvalue weighted by Gasteiger charge is -2.54. The third-order valence-electron chi connectivity index (χ3n) is 5.26. The molecule has 0 aromatic carbocycles. The average Bonchev–Trinajstić information content (AvgIpc) is 2.82. The topological polar surface area (TPSA) is 41.6 Å². The molecule has 1 aliphatic heterocycles. The second kappa shape index (κ2) is 6.44. The Hall–Kier alpha value is -0.610. The Balaban J connectivity index is 1.82. The predicted molar refractivity (Wildman–Crippen MR) is 80.6 cm³/mol. The molecule has 1 heterocycles. The molecule has 2 rings (SSSR count). The van der Waals surface area contributed by atoms with Crippen LogP contribution in [0.1, 0.15) is 53.4 Å². The van der Waals surface area contributed by atoms with Crippen LogP contribution in [0.15, 0.2) is 0 Å². The summed E-state index contributed by atoms with van der Waals surface area (Å²) < 4.78 is 5.84. The molecule has 1 aliphatic carbocycles. The fourth-order valence-corrected chi connectivity index (χ4v) is 3.63. The number of carbonyl (C=O) groups is 1. The second-order valence-corrected chi connectivity index (χ2v) is 6.60. The minimum atomic E-state index is 0.235. The van der Waals surface area contributed by atoms with Gasteiger partial charge in [-0.1, -0.05) is 13.8 Å². The molecule has 0 radical (unpaired) electrons. The summed E-state index contributed by atoms with van der Waals surface area (Å²) in [5, 5.41) is 3.72. The van der Waals surface area contributed by atoms with E-state index in [0.717, 1.165) is 45.4 Å². The van der Waals surface area contributed by atoms with Gasteiger partial charge in [0, 0.05) is 43.6 Å². The molecule has 1 amide bonds. The largest absolute Gasteiger partial charge is 0.378 e. The van der Waals surface area contributed by atoms with E-state index in [4.69, 9.17) is 4.74 Å². The summed E-state index contributed by atoms with van der Waals surface area (Å²) in [6.45, 7) is 11.4. The Morgan fingerprint density at radius 1 is 1.50 bits per heavy atom. The highest BCUT2D eigenvalue weighted by atomic mass is 16.5. The number of carbonyl (C=O) groups excluding carboxylic acids is 1. The molecule has 2 fully saturated rings. The predicted octanol–water partition coefficient (Wildman–Crippen LogP) is 2.18. The molecule has 1 saturated heterocycles. The van der Waals surface area contributed by atoms with Crippen LogP contribution in [0.2, 0.25) is 0 Å². The monoisotopic (exact) mass is 282 g/mol. The Kier molecular flexibility index (Phi) is 5.08. The average molecular weight is 282 g/mol. The molecule has 2 aliphatic rings. The molecular formula is C16H30N2O2. The number of rotatable bonds is 7. The maximum absolute atomic E-state index is 11.7. The normalized spacial score (nSPS) is 35.2. The zero-order chi connectivity index (χ0) is 14.8. The van der Waals surface area contributed by atoms with Crippen LogP contribution in [0, 0.1) is 5.41 Å². The summed E-state index contributed by atoms with van der Waals surface area (Å²) >= 11 is 0. The van der Waals surface area contributed by atoms with Gasteiger partial charge in [-0.15, -0.1) is 0 Å². The van der Waals surface area contributed by atoms with Crippen LogP contribution >= 0.6 is 0 Å². The summed E-state index contributed by atoms with van der Waals surface area (Å²) in [4.78, 5) is 13.7. The van der Waals surface area contributed by atoms with Gasteiger partial charge in [0.05, 0.1) is 6.10 Å². The molecule has 0 aromatic rings. The van der Waals surface area contributed by atoms with E-state index in [1.165, 1.54) is 0 Å². The molecule has 4 heteroatoms. The van der Waals surface area contributed by atoms with Crippen LogP contribution in [0.5, 0.6) is 0 Å². The van der Waals surface area contributed by atoms with Gasteiger partial charge in [0.25, 0.3) is 0 Å². The van der Waals surface area contributed by atoms with Crippen LogP contribution in [-0.4, -0.2) is 48.7 Å². The van der Waals surface area contributed by atoms with Gasteiger partial charge in [0.2, 0.25) is 5.91 Å². The quantitative estimate of drug-likeness (QED) is 0.778. The van der Waals surface area contributed by atoms with Crippen molar-refractivity contribution >= 4 is 5.91 Å². The van der Waals surface area contributed by atoms with Crippen molar-refractivity contribution < 1.29 is 9.53 Å². The van der Waals surface area contributed by atoms with Crippen molar-refractivity contribution in [2.24, 2.45) is 5.41 Å². The van der Waals surface area contributed by atoms with Gasteiger partial charge in [-0.2, -0.15) is 0 Å².